The molecule has 2 unspecified atom stereocenters. The Labute approximate surface area is 152 Å². The highest BCUT2D eigenvalue weighted by molar-refractivity contribution is 5.98. The lowest BCUT2D eigenvalue weighted by atomic mass is 10.1. The standard InChI is InChI=1S/C19H22N4O3/c1-13(21-17(24)14-7-2-3-8-14)19(26)23-12-6-9-15(23)18(25)22-16-10-4-5-11-20-16/h2-5,7-8,10-11,13-15H,6,9,12H2,1H3,(H,21,24)(H,20,22,25). The molecule has 1 fully saturated rings. The Kier molecular flexibility index (Phi) is 5.46. The molecule has 2 atom stereocenters. The Morgan fingerprint density at radius 2 is 1.96 bits per heavy atom. The van der Waals surface area contributed by atoms with Crippen LogP contribution in [0.25, 0.3) is 0 Å². The lowest BCUT2D eigenvalue weighted by molar-refractivity contribution is -0.139. The molecule has 26 heavy (non-hydrogen) atoms. The average molecular weight is 354 g/mol. The summed E-state index contributed by atoms with van der Waals surface area (Å²) in [6.45, 7) is 2.15. The van der Waals surface area contributed by atoms with Crippen molar-refractivity contribution in [2.24, 2.45) is 5.92 Å². The predicted octanol–water partition coefficient (Wildman–Crippen LogP) is 1.26. The van der Waals surface area contributed by atoms with Gasteiger partial charge in [-0.1, -0.05) is 30.4 Å². The van der Waals surface area contributed by atoms with Gasteiger partial charge in [0.25, 0.3) is 0 Å². The predicted molar refractivity (Wildman–Crippen MR) is 97.0 cm³/mol. The van der Waals surface area contributed by atoms with Crippen LogP contribution in [0.5, 0.6) is 0 Å². The molecule has 3 amide bonds. The maximum atomic E-state index is 12.7. The highest BCUT2D eigenvalue weighted by atomic mass is 16.2. The van der Waals surface area contributed by atoms with E-state index in [2.05, 4.69) is 15.6 Å². The number of pyridine rings is 1. The van der Waals surface area contributed by atoms with Gasteiger partial charge in [0.2, 0.25) is 17.7 Å². The van der Waals surface area contributed by atoms with Gasteiger partial charge in [0, 0.05) is 12.7 Å². The third-order valence-corrected chi connectivity index (χ3v) is 4.53. The first-order valence-electron chi connectivity index (χ1n) is 8.74. The molecule has 3 rings (SSSR count). The number of allylic oxidation sites excluding steroid dienone is 2. The summed E-state index contributed by atoms with van der Waals surface area (Å²) < 4.78 is 0. The number of rotatable bonds is 5. The fraction of sp³-hybridized carbons (Fsp3) is 0.368. The van der Waals surface area contributed by atoms with Crippen molar-refractivity contribution in [2.45, 2.75) is 31.8 Å². The molecule has 2 heterocycles. The number of nitrogens with zero attached hydrogens (tertiary/aromatic N) is 2. The zero-order valence-corrected chi connectivity index (χ0v) is 14.6. The molecule has 2 aliphatic rings. The van der Waals surface area contributed by atoms with Crippen molar-refractivity contribution in [1.82, 2.24) is 15.2 Å². The van der Waals surface area contributed by atoms with Crippen molar-refractivity contribution < 1.29 is 14.4 Å². The lowest BCUT2D eigenvalue weighted by Gasteiger charge is -2.27. The van der Waals surface area contributed by atoms with Crippen LogP contribution in [0.2, 0.25) is 0 Å². The van der Waals surface area contributed by atoms with E-state index >= 15 is 0 Å². The molecular formula is C19H22N4O3. The van der Waals surface area contributed by atoms with Crippen molar-refractivity contribution in [3.63, 3.8) is 0 Å². The van der Waals surface area contributed by atoms with Crippen LogP contribution in [-0.4, -0.2) is 46.2 Å². The van der Waals surface area contributed by atoms with E-state index in [0.717, 1.165) is 6.42 Å². The van der Waals surface area contributed by atoms with Gasteiger partial charge in [-0.05, 0) is 31.9 Å². The minimum Gasteiger partial charge on any atom is -0.344 e. The summed E-state index contributed by atoms with van der Waals surface area (Å²) in [6, 6.07) is 4.01. The monoisotopic (exact) mass is 354 g/mol. The lowest BCUT2D eigenvalue weighted by Crippen LogP contribution is -2.52. The molecular weight excluding hydrogens is 332 g/mol. The normalized spacial score (nSPS) is 20.2. The second-order valence-corrected chi connectivity index (χ2v) is 6.42. The van der Waals surface area contributed by atoms with Gasteiger partial charge in [-0.3, -0.25) is 14.4 Å². The Bertz CT molecular complexity index is 732. The first kappa shape index (κ1) is 17.8. The molecule has 1 aliphatic heterocycles. The van der Waals surface area contributed by atoms with Gasteiger partial charge in [-0.15, -0.1) is 0 Å². The summed E-state index contributed by atoms with van der Waals surface area (Å²) in [5.74, 6) is -0.604. The second-order valence-electron chi connectivity index (χ2n) is 6.42. The topological polar surface area (TPSA) is 91.4 Å². The number of aromatic nitrogens is 1. The van der Waals surface area contributed by atoms with E-state index in [-0.39, 0.29) is 23.6 Å². The maximum absolute atomic E-state index is 12.7. The van der Waals surface area contributed by atoms with Crippen molar-refractivity contribution in [2.75, 3.05) is 11.9 Å². The van der Waals surface area contributed by atoms with E-state index in [0.29, 0.717) is 18.8 Å². The summed E-state index contributed by atoms with van der Waals surface area (Å²) in [4.78, 5) is 43.1. The molecule has 1 aromatic rings. The van der Waals surface area contributed by atoms with E-state index in [1.165, 1.54) is 0 Å². The van der Waals surface area contributed by atoms with Crippen LogP contribution in [0.15, 0.2) is 48.7 Å². The Balaban J connectivity index is 1.60. The van der Waals surface area contributed by atoms with E-state index < -0.39 is 12.1 Å². The highest BCUT2D eigenvalue weighted by Gasteiger charge is 2.36. The van der Waals surface area contributed by atoms with E-state index in [1.54, 1.807) is 60.5 Å². The SMILES string of the molecule is CC(NC(=O)C1C=CC=C1)C(=O)N1CCCC1C(=O)Nc1ccccn1. The van der Waals surface area contributed by atoms with Crippen LogP contribution in [0, 0.1) is 5.92 Å². The van der Waals surface area contributed by atoms with Gasteiger partial charge in [-0.25, -0.2) is 4.98 Å². The molecule has 7 heteroatoms. The number of amides is 3. The maximum Gasteiger partial charge on any atom is 0.248 e. The summed E-state index contributed by atoms with van der Waals surface area (Å²) in [5.41, 5.74) is 0. The third-order valence-electron chi connectivity index (χ3n) is 4.53. The van der Waals surface area contributed by atoms with Crippen LogP contribution in [0.3, 0.4) is 0 Å². The van der Waals surface area contributed by atoms with Crippen molar-refractivity contribution in [1.29, 1.82) is 0 Å². The molecule has 1 aliphatic carbocycles. The van der Waals surface area contributed by atoms with Gasteiger partial charge in [0.05, 0.1) is 5.92 Å². The number of hydrogen-bond donors (Lipinski definition) is 2. The molecule has 0 aromatic carbocycles. The summed E-state index contributed by atoms with van der Waals surface area (Å²) in [6.07, 6.45) is 10.1. The zero-order chi connectivity index (χ0) is 18.5. The number of likely N-dealkylation sites (tertiary alicyclic amines) is 1. The van der Waals surface area contributed by atoms with Crippen LogP contribution in [0.1, 0.15) is 19.8 Å². The van der Waals surface area contributed by atoms with Crippen molar-refractivity contribution >= 4 is 23.5 Å². The molecule has 7 nitrogen and oxygen atoms in total. The van der Waals surface area contributed by atoms with E-state index in [1.807, 2.05) is 0 Å². The molecule has 1 aromatic heterocycles. The summed E-state index contributed by atoms with van der Waals surface area (Å²) >= 11 is 0. The third kappa shape index (κ3) is 3.99. The number of carbonyl (C=O) groups is 3. The fourth-order valence-corrected chi connectivity index (χ4v) is 3.18. The van der Waals surface area contributed by atoms with Gasteiger partial charge in [0.15, 0.2) is 0 Å². The molecule has 0 bridgehead atoms. The smallest absolute Gasteiger partial charge is 0.248 e. The molecule has 0 radical (unpaired) electrons. The number of anilines is 1. The van der Waals surface area contributed by atoms with Gasteiger partial charge in [-0.2, -0.15) is 0 Å². The van der Waals surface area contributed by atoms with Gasteiger partial charge in [0.1, 0.15) is 17.9 Å². The van der Waals surface area contributed by atoms with Gasteiger partial charge >= 0.3 is 0 Å². The minimum absolute atomic E-state index is 0.218. The second kappa shape index (κ2) is 7.95. The van der Waals surface area contributed by atoms with E-state index in [4.69, 9.17) is 0 Å². The Morgan fingerprint density at radius 3 is 2.65 bits per heavy atom. The molecule has 1 saturated heterocycles. The summed E-state index contributed by atoms with van der Waals surface area (Å²) in [7, 11) is 0. The molecule has 2 N–H and O–H groups in total. The zero-order valence-electron chi connectivity index (χ0n) is 14.6. The minimum atomic E-state index is -0.687. The molecule has 136 valence electrons. The first-order chi connectivity index (χ1) is 12.6. The Hall–Kier alpha value is -2.96. The number of nitrogens with one attached hydrogen (secondary N) is 2. The Morgan fingerprint density at radius 1 is 1.19 bits per heavy atom. The molecule has 0 spiro atoms. The quantitative estimate of drug-likeness (QED) is 0.833. The van der Waals surface area contributed by atoms with Crippen LogP contribution in [0.4, 0.5) is 5.82 Å². The number of hydrogen-bond acceptors (Lipinski definition) is 4. The van der Waals surface area contributed by atoms with Crippen molar-refractivity contribution in [3.05, 3.63) is 48.7 Å². The summed E-state index contributed by atoms with van der Waals surface area (Å²) in [5, 5.41) is 5.47. The first-order valence-corrected chi connectivity index (χ1v) is 8.74. The largest absolute Gasteiger partial charge is 0.344 e. The van der Waals surface area contributed by atoms with Crippen LogP contribution < -0.4 is 10.6 Å². The van der Waals surface area contributed by atoms with E-state index in [9.17, 15) is 14.4 Å². The van der Waals surface area contributed by atoms with Gasteiger partial charge < -0.3 is 15.5 Å². The van der Waals surface area contributed by atoms with Crippen LogP contribution in [-0.2, 0) is 14.4 Å². The molecule has 0 saturated carbocycles. The van der Waals surface area contributed by atoms with Crippen LogP contribution >= 0.6 is 0 Å². The fourth-order valence-electron chi connectivity index (χ4n) is 3.18. The highest BCUT2D eigenvalue weighted by Crippen LogP contribution is 2.20. The number of carbonyl (C=O) groups excluding carboxylic acids is 3. The average Bonchev–Trinajstić information content (AvgIpc) is 3.33. The van der Waals surface area contributed by atoms with Crippen molar-refractivity contribution in [3.8, 4) is 0 Å².